The second kappa shape index (κ2) is 6.68. The first kappa shape index (κ1) is 14.1. The van der Waals surface area contributed by atoms with Crippen molar-refractivity contribution in [3.8, 4) is 0 Å². The summed E-state index contributed by atoms with van der Waals surface area (Å²) in [6, 6.07) is 1.55. The molecule has 1 aromatic rings. The first-order chi connectivity index (χ1) is 8.50. The number of carbonyl (C=O) groups excluding carboxylic acids is 2. The van der Waals surface area contributed by atoms with E-state index in [1.54, 1.807) is 13.0 Å². The van der Waals surface area contributed by atoms with Gasteiger partial charge < -0.3 is 10.6 Å². The lowest BCUT2D eigenvalue weighted by Gasteiger charge is -2.08. The molecule has 0 unspecified atom stereocenters. The van der Waals surface area contributed by atoms with Crippen LogP contribution in [0.15, 0.2) is 12.3 Å². The van der Waals surface area contributed by atoms with Crippen molar-refractivity contribution < 1.29 is 9.59 Å². The predicted octanol–water partition coefficient (Wildman–Crippen LogP) is 0.287. The van der Waals surface area contributed by atoms with Gasteiger partial charge in [0.1, 0.15) is 11.5 Å². The van der Waals surface area contributed by atoms with Crippen LogP contribution in [0.3, 0.4) is 0 Å². The van der Waals surface area contributed by atoms with E-state index in [9.17, 15) is 9.59 Å². The number of hydrogen-bond donors (Lipinski definition) is 2. The van der Waals surface area contributed by atoms with Crippen molar-refractivity contribution in [2.45, 2.75) is 20.8 Å². The van der Waals surface area contributed by atoms with Crippen LogP contribution in [0.5, 0.6) is 0 Å². The van der Waals surface area contributed by atoms with E-state index in [1.807, 2.05) is 13.8 Å². The highest BCUT2D eigenvalue weighted by atomic mass is 16.2. The lowest BCUT2D eigenvalue weighted by atomic mass is 10.2. The largest absolute Gasteiger partial charge is 0.354 e. The number of nitrogens with one attached hydrogen (secondary N) is 2. The van der Waals surface area contributed by atoms with Gasteiger partial charge in [-0.3, -0.25) is 9.59 Å². The Kier molecular flexibility index (Phi) is 5.23. The van der Waals surface area contributed by atoms with Gasteiger partial charge >= 0.3 is 0 Å². The Morgan fingerprint density at radius 1 is 1.28 bits per heavy atom. The van der Waals surface area contributed by atoms with Crippen molar-refractivity contribution >= 4 is 11.8 Å². The third-order valence-electron chi connectivity index (χ3n) is 2.24. The third-order valence-corrected chi connectivity index (χ3v) is 2.24. The minimum Gasteiger partial charge on any atom is -0.354 e. The van der Waals surface area contributed by atoms with Crippen LogP contribution < -0.4 is 10.6 Å². The van der Waals surface area contributed by atoms with Gasteiger partial charge in [0.2, 0.25) is 5.91 Å². The molecule has 1 rings (SSSR count). The van der Waals surface area contributed by atoms with Gasteiger partial charge in [0.25, 0.3) is 5.91 Å². The van der Waals surface area contributed by atoms with Crippen molar-refractivity contribution in [3.63, 3.8) is 0 Å². The summed E-state index contributed by atoms with van der Waals surface area (Å²) < 4.78 is 0. The minimum absolute atomic E-state index is 0.0258. The molecule has 0 atom stereocenters. The number of rotatable bonds is 5. The zero-order chi connectivity index (χ0) is 13.5. The van der Waals surface area contributed by atoms with E-state index in [4.69, 9.17) is 0 Å². The Hall–Kier alpha value is -1.98. The topological polar surface area (TPSA) is 84.0 Å². The monoisotopic (exact) mass is 250 g/mol. The molecule has 0 bridgehead atoms. The average molecular weight is 250 g/mol. The van der Waals surface area contributed by atoms with Crippen LogP contribution in [0.25, 0.3) is 0 Å². The number of nitrogens with zero attached hydrogens (tertiary/aromatic N) is 2. The van der Waals surface area contributed by atoms with Gasteiger partial charge in [-0.2, -0.15) is 0 Å². The maximum atomic E-state index is 11.7. The summed E-state index contributed by atoms with van der Waals surface area (Å²) in [5, 5.41) is 5.39. The first-order valence-electron chi connectivity index (χ1n) is 5.86. The first-order valence-corrected chi connectivity index (χ1v) is 5.86. The maximum absolute atomic E-state index is 11.7. The highest BCUT2D eigenvalue weighted by molar-refractivity contribution is 5.92. The fourth-order valence-electron chi connectivity index (χ4n) is 1.24. The van der Waals surface area contributed by atoms with E-state index in [1.165, 1.54) is 6.20 Å². The summed E-state index contributed by atoms with van der Waals surface area (Å²) in [5.74, 6) is 0.211. The van der Waals surface area contributed by atoms with Crippen LogP contribution in [-0.2, 0) is 4.79 Å². The molecule has 1 aromatic heterocycles. The molecule has 0 aliphatic heterocycles. The Morgan fingerprint density at radius 3 is 2.56 bits per heavy atom. The molecule has 2 N–H and O–H groups in total. The van der Waals surface area contributed by atoms with Crippen molar-refractivity contribution in [1.29, 1.82) is 0 Å². The number of aromatic nitrogens is 2. The van der Waals surface area contributed by atoms with E-state index in [-0.39, 0.29) is 17.7 Å². The second-order valence-corrected chi connectivity index (χ2v) is 4.19. The van der Waals surface area contributed by atoms with Gasteiger partial charge in [-0.15, -0.1) is 0 Å². The van der Waals surface area contributed by atoms with Crippen LogP contribution in [0, 0.1) is 12.8 Å². The molecule has 0 aromatic carbocycles. The number of amides is 2. The molecule has 0 spiro atoms. The molecule has 98 valence electrons. The zero-order valence-corrected chi connectivity index (χ0v) is 10.9. The standard InChI is InChI=1S/C12H18N4O2/c1-8(2)11(17)14-6-7-15-12(18)10-4-5-13-9(3)16-10/h4-5,8H,6-7H2,1-3H3,(H,14,17)(H,15,18). The van der Waals surface area contributed by atoms with E-state index >= 15 is 0 Å². The smallest absolute Gasteiger partial charge is 0.270 e. The zero-order valence-electron chi connectivity index (χ0n) is 10.9. The van der Waals surface area contributed by atoms with Gasteiger partial charge in [0, 0.05) is 25.2 Å². The van der Waals surface area contributed by atoms with Crippen LogP contribution in [0.1, 0.15) is 30.2 Å². The maximum Gasteiger partial charge on any atom is 0.270 e. The number of aryl methyl sites for hydroxylation is 1. The van der Waals surface area contributed by atoms with Crippen molar-refractivity contribution in [1.82, 2.24) is 20.6 Å². The summed E-state index contributed by atoms with van der Waals surface area (Å²) in [7, 11) is 0. The Bertz CT molecular complexity index is 432. The van der Waals surface area contributed by atoms with Crippen molar-refractivity contribution in [2.75, 3.05) is 13.1 Å². The lowest BCUT2D eigenvalue weighted by Crippen LogP contribution is -2.36. The number of carbonyl (C=O) groups is 2. The highest BCUT2D eigenvalue weighted by Crippen LogP contribution is 1.94. The molecule has 0 fully saturated rings. The predicted molar refractivity (Wildman–Crippen MR) is 66.9 cm³/mol. The highest BCUT2D eigenvalue weighted by Gasteiger charge is 2.08. The Morgan fingerprint density at radius 2 is 1.94 bits per heavy atom. The SMILES string of the molecule is Cc1nccc(C(=O)NCCNC(=O)C(C)C)n1. The molecule has 6 nitrogen and oxygen atoms in total. The molecule has 18 heavy (non-hydrogen) atoms. The van der Waals surface area contributed by atoms with Crippen molar-refractivity contribution in [2.24, 2.45) is 5.92 Å². The summed E-state index contributed by atoms with van der Waals surface area (Å²) in [6.07, 6.45) is 1.54. The molecule has 6 heteroatoms. The molecule has 0 aliphatic rings. The van der Waals surface area contributed by atoms with Gasteiger partial charge in [-0.25, -0.2) is 9.97 Å². The van der Waals surface area contributed by atoms with Crippen LogP contribution in [0.2, 0.25) is 0 Å². The van der Waals surface area contributed by atoms with Gasteiger partial charge in [-0.1, -0.05) is 13.8 Å². The molecular formula is C12H18N4O2. The molecular weight excluding hydrogens is 232 g/mol. The molecule has 0 radical (unpaired) electrons. The van der Waals surface area contributed by atoms with Crippen molar-refractivity contribution in [3.05, 3.63) is 23.8 Å². The fraction of sp³-hybridized carbons (Fsp3) is 0.500. The Balaban J connectivity index is 2.32. The molecule has 0 aliphatic carbocycles. The minimum atomic E-state index is -0.265. The van der Waals surface area contributed by atoms with Gasteiger partial charge in [0.15, 0.2) is 0 Å². The average Bonchev–Trinajstić information content (AvgIpc) is 2.33. The van der Waals surface area contributed by atoms with Crippen LogP contribution in [-0.4, -0.2) is 34.9 Å². The van der Waals surface area contributed by atoms with Gasteiger partial charge in [-0.05, 0) is 13.0 Å². The molecule has 2 amide bonds. The van der Waals surface area contributed by atoms with E-state index in [2.05, 4.69) is 20.6 Å². The van der Waals surface area contributed by atoms with E-state index in [0.717, 1.165) is 0 Å². The molecule has 0 saturated heterocycles. The van der Waals surface area contributed by atoms with Crippen LogP contribution >= 0.6 is 0 Å². The second-order valence-electron chi connectivity index (χ2n) is 4.19. The summed E-state index contributed by atoms with van der Waals surface area (Å²) in [4.78, 5) is 30.8. The Labute approximate surface area is 106 Å². The van der Waals surface area contributed by atoms with Crippen LogP contribution in [0.4, 0.5) is 0 Å². The number of hydrogen-bond acceptors (Lipinski definition) is 4. The lowest BCUT2D eigenvalue weighted by molar-refractivity contribution is -0.123. The third kappa shape index (κ3) is 4.48. The summed E-state index contributed by atoms with van der Waals surface area (Å²) >= 11 is 0. The van der Waals surface area contributed by atoms with E-state index in [0.29, 0.717) is 24.6 Å². The normalized spacial score (nSPS) is 10.2. The summed E-state index contributed by atoms with van der Waals surface area (Å²) in [5.41, 5.74) is 0.331. The molecule has 1 heterocycles. The van der Waals surface area contributed by atoms with E-state index < -0.39 is 0 Å². The fourth-order valence-corrected chi connectivity index (χ4v) is 1.24. The quantitative estimate of drug-likeness (QED) is 0.735. The summed E-state index contributed by atoms with van der Waals surface area (Å²) in [6.45, 7) is 6.14. The van der Waals surface area contributed by atoms with Gasteiger partial charge in [0.05, 0.1) is 0 Å². The molecule has 0 saturated carbocycles.